The Morgan fingerprint density at radius 3 is 2.07 bits per heavy atom. The summed E-state index contributed by atoms with van der Waals surface area (Å²) in [6.45, 7) is 7.85. The van der Waals surface area contributed by atoms with Crippen LogP contribution in [0.15, 0.2) is 24.3 Å². The molecule has 0 heterocycles. The van der Waals surface area contributed by atoms with Gasteiger partial charge in [0, 0.05) is 32.5 Å². The Labute approximate surface area is 174 Å². The first-order valence-electron chi connectivity index (χ1n) is 10.4. The van der Waals surface area contributed by atoms with E-state index >= 15 is 0 Å². The number of para-hydroxylation sites is 2. The van der Waals surface area contributed by atoms with Crippen molar-refractivity contribution in [1.29, 1.82) is 0 Å². The number of nitrogens with zero attached hydrogens (tertiary/aromatic N) is 2. The van der Waals surface area contributed by atoms with Gasteiger partial charge in [0.05, 0.1) is 19.3 Å². The van der Waals surface area contributed by atoms with Crippen LogP contribution in [0.2, 0.25) is 0 Å². The minimum absolute atomic E-state index is 0.0286. The molecule has 7 heteroatoms. The zero-order valence-electron chi connectivity index (χ0n) is 18.2. The molecule has 0 aliphatic rings. The maximum Gasteiger partial charge on any atom is 0.244 e. The Morgan fingerprint density at radius 1 is 0.931 bits per heavy atom. The smallest absolute Gasteiger partial charge is 0.244 e. The van der Waals surface area contributed by atoms with E-state index in [2.05, 4.69) is 19.2 Å². The summed E-state index contributed by atoms with van der Waals surface area (Å²) >= 11 is 0. The molecule has 29 heavy (non-hydrogen) atoms. The Kier molecular flexibility index (Phi) is 11.5. The SMILES string of the molecule is CCCN(CCC)C(=O)CCCC(=O)N(CC)CC(=O)Nc1ccccc1OC. The number of benzene rings is 1. The number of hydrogen-bond acceptors (Lipinski definition) is 4. The fourth-order valence-corrected chi connectivity index (χ4v) is 3.10. The van der Waals surface area contributed by atoms with Crippen molar-refractivity contribution >= 4 is 23.4 Å². The molecule has 0 atom stereocenters. The average molecular weight is 406 g/mol. The van der Waals surface area contributed by atoms with Crippen LogP contribution in [0.4, 0.5) is 5.69 Å². The lowest BCUT2D eigenvalue weighted by atomic mass is 10.2. The van der Waals surface area contributed by atoms with Crippen molar-refractivity contribution in [3.8, 4) is 5.75 Å². The van der Waals surface area contributed by atoms with Crippen LogP contribution in [-0.4, -0.2) is 60.8 Å². The minimum atomic E-state index is -0.280. The van der Waals surface area contributed by atoms with Crippen molar-refractivity contribution in [3.63, 3.8) is 0 Å². The zero-order chi connectivity index (χ0) is 21.6. The molecule has 0 aliphatic heterocycles. The summed E-state index contributed by atoms with van der Waals surface area (Å²) in [6.07, 6.45) is 2.96. The molecule has 0 bridgehead atoms. The van der Waals surface area contributed by atoms with Crippen molar-refractivity contribution in [3.05, 3.63) is 24.3 Å². The summed E-state index contributed by atoms with van der Waals surface area (Å²) in [6, 6.07) is 7.13. The van der Waals surface area contributed by atoms with E-state index in [1.165, 1.54) is 12.0 Å². The van der Waals surface area contributed by atoms with Gasteiger partial charge in [0.15, 0.2) is 0 Å². The average Bonchev–Trinajstić information content (AvgIpc) is 2.72. The van der Waals surface area contributed by atoms with E-state index in [0.717, 1.165) is 25.9 Å². The molecule has 0 radical (unpaired) electrons. The molecule has 0 fully saturated rings. The molecule has 7 nitrogen and oxygen atoms in total. The first kappa shape index (κ1) is 24.5. The summed E-state index contributed by atoms with van der Waals surface area (Å²) in [4.78, 5) is 40.5. The molecule has 1 N–H and O–H groups in total. The minimum Gasteiger partial charge on any atom is -0.495 e. The largest absolute Gasteiger partial charge is 0.495 e. The lowest BCUT2D eigenvalue weighted by Gasteiger charge is -2.22. The molecule has 0 saturated heterocycles. The van der Waals surface area contributed by atoms with Gasteiger partial charge in [-0.25, -0.2) is 0 Å². The molecular weight excluding hydrogens is 370 g/mol. The summed E-state index contributed by atoms with van der Waals surface area (Å²) < 4.78 is 5.22. The van der Waals surface area contributed by atoms with Crippen LogP contribution in [0.3, 0.4) is 0 Å². The highest BCUT2D eigenvalue weighted by Crippen LogP contribution is 2.22. The number of hydrogen-bond donors (Lipinski definition) is 1. The van der Waals surface area contributed by atoms with Gasteiger partial charge in [-0.1, -0.05) is 26.0 Å². The third kappa shape index (κ3) is 8.54. The molecule has 1 aromatic rings. The lowest BCUT2D eigenvalue weighted by Crippen LogP contribution is -2.38. The highest BCUT2D eigenvalue weighted by molar-refractivity contribution is 5.95. The monoisotopic (exact) mass is 405 g/mol. The van der Waals surface area contributed by atoms with E-state index in [-0.39, 0.29) is 30.7 Å². The number of anilines is 1. The molecule has 0 unspecified atom stereocenters. The third-order valence-corrected chi connectivity index (χ3v) is 4.57. The molecule has 1 rings (SSSR count). The van der Waals surface area contributed by atoms with Crippen molar-refractivity contribution in [2.24, 2.45) is 0 Å². The first-order chi connectivity index (χ1) is 14.0. The second kappa shape index (κ2) is 13.6. The number of nitrogens with one attached hydrogen (secondary N) is 1. The first-order valence-corrected chi connectivity index (χ1v) is 10.4. The summed E-state index contributed by atoms with van der Waals surface area (Å²) in [7, 11) is 1.54. The number of rotatable bonds is 13. The van der Waals surface area contributed by atoms with Gasteiger partial charge in [0.1, 0.15) is 5.75 Å². The number of methoxy groups -OCH3 is 1. The molecule has 0 spiro atoms. The number of ether oxygens (including phenoxy) is 1. The standard InChI is InChI=1S/C22H35N3O4/c1-5-15-25(16-6-2)22(28)14-10-13-21(27)24(7-3)17-20(26)23-18-11-8-9-12-19(18)29-4/h8-9,11-12H,5-7,10,13-17H2,1-4H3,(H,23,26). The Morgan fingerprint density at radius 2 is 1.52 bits per heavy atom. The van der Waals surface area contributed by atoms with Crippen LogP contribution >= 0.6 is 0 Å². The second-order valence-corrected chi connectivity index (χ2v) is 6.89. The highest BCUT2D eigenvalue weighted by Gasteiger charge is 2.18. The normalized spacial score (nSPS) is 10.3. The second-order valence-electron chi connectivity index (χ2n) is 6.89. The van der Waals surface area contributed by atoms with Crippen LogP contribution in [0.25, 0.3) is 0 Å². The number of likely N-dealkylation sites (N-methyl/N-ethyl adjacent to an activating group) is 1. The van der Waals surface area contributed by atoms with E-state index in [4.69, 9.17) is 4.74 Å². The molecule has 0 saturated carbocycles. The highest BCUT2D eigenvalue weighted by atomic mass is 16.5. The Balaban J connectivity index is 2.50. The van der Waals surface area contributed by atoms with Crippen LogP contribution in [0.1, 0.15) is 52.9 Å². The maximum atomic E-state index is 12.5. The molecular formula is C22H35N3O4. The fourth-order valence-electron chi connectivity index (χ4n) is 3.10. The predicted octanol–water partition coefficient (Wildman–Crippen LogP) is 3.30. The van der Waals surface area contributed by atoms with Crippen LogP contribution in [0, 0.1) is 0 Å². The predicted molar refractivity (Wildman–Crippen MR) is 115 cm³/mol. The van der Waals surface area contributed by atoms with E-state index in [9.17, 15) is 14.4 Å². The quantitative estimate of drug-likeness (QED) is 0.546. The molecule has 0 aromatic heterocycles. The maximum absolute atomic E-state index is 12.5. The van der Waals surface area contributed by atoms with Gasteiger partial charge in [-0.2, -0.15) is 0 Å². The topological polar surface area (TPSA) is 79.0 Å². The van der Waals surface area contributed by atoms with E-state index in [1.807, 2.05) is 17.9 Å². The Hall–Kier alpha value is -2.57. The zero-order valence-corrected chi connectivity index (χ0v) is 18.2. The number of carbonyl (C=O) groups is 3. The molecule has 0 aliphatic carbocycles. The Bertz CT molecular complexity index is 657. The van der Waals surface area contributed by atoms with Gasteiger partial charge < -0.3 is 19.9 Å². The van der Waals surface area contributed by atoms with Crippen molar-refractivity contribution in [2.75, 3.05) is 38.6 Å². The molecule has 1 aromatic carbocycles. The van der Waals surface area contributed by atoms with E-state index in [0.29, 0.717) is 30.8 Å². The number of carbonyl (C=O) groups excluding carboxylic acids is 3. The van der Waals surface area contributed by atoms with Gasteiger partial charge in [-0.3, -0.25) is 14.4 Å². The summed E-state index contributed by atoms with van der Waals surface area (Å²) in [5.41, 5.74) is 0.570. The van der Waals surface area contributed by atoms with Gasteiger partial charge in [0.2, 0.25) is 17.7 Å². The summed E-state index contributed by atoms with van der Waals surface area (Å²) in [5.74, 6) is 0.266. The van der Waals surface area contributed by atoms with Crippen molar-refractivity contribution in [1.82, 2.24) is 9.80 Å². The van der Waals surface area contributed by atoms with Crippen molar-refractivity contribution < 1.29 is 19.1 Å². The van der Waals surface area contributed by atoms with Crippen LogP contribution in [0.5, 0.6) is 5.75 Å². The van der Waals surface area contributed by atoms with E-state index < -0.39 is 0 Å². The van der Waals surface area contributed by atoms with Gasteiger partial charge in [-0.05, 0) is 38.3 Å². The van der Waals surface area contributed by atoms with Gasteiger partial charge in [0.25, 0.3) is 0 Å². The number of amides is 3. The fraction of sp³-hybridized carbons (Fsp3) is 0.591. The van der Waals surface area contributed by atoms with Crippen LogP contribution < -0.4 is 10.1 Å². The molecule has 162 valence electrons. The van der Waals surface area contributed by atoms with Crippen LogP contribution in [-0.2, 0) is 14.4 Å². The van der Waals surface area contributed by atoms with Gasteiger partial charge in [-0.15, -0.1) is 0 Å². The molecule has 3 amide bonds. The van der Waals surface area contributed by atoms with E-state index in [1.54, 1.807) is 18.2 Å². The van der Waals surface area contributed by atoms with Gasteiger partial charge >= 0.3 is 0 Å². The summed E-state index contributed by atoms with van der Waals surface area (Å²) in [5, 5.41) is 2.78. The third-order valence-electron chi connectivity index (χ3n) is 4.57. The lowest BCUT2D eigenvalue weighted by molar-refractivity contribution is -0.135. The van der Waals surface area contributed by atoms with Crippen molar-refractivity contribution in [2.45, 2.75) is 52.9 Å².